The third-order valence-corrected chi connectivity index (χ3v) is 5.94. The van der Waals surface area contributed by atoms with Crippen LogP contribution in [-0.4, -0.2) is 43.7 Å². The van der Waals surface area contributed by atoms with Crippen molar-refractivity contribution >= 4 is 22.0 Å². The molecule has 2 aliphatic rings. The van der Waals surface area contributed by atoms with Gasteiger partial charge >= 0.3 is 22.0 Å². The Morgan fingerprint density at radius 3 is 2.78 bits per heavy atom. The second kappa shape index (κ2) is 7.66. The number of aliphatic hydroxyl groups is 1. The van der Waals surface area contributed by atoms with Crippen molar-refractivity contribution in [2.45, 2.75) is 32.0 Å². The van der Waals surface area contributed by atoms with Gasteiger partial charge < -0.3 is 15.6 Å². The van der Waals surface area contributed by atoms with Crippen molar-refractivity contribution in [3.8, 4) is 12.3 Å². The number of phosphoric acid groups is 1. The number of terminal acetylenes is 1. The van der Waals surface area contributed by atoms with Gasteiger partial charge in [0.2, 0.25) is 5.60 Å². The summed E-state index contributed by atoms with van der Waals surface area (Å²) in [6, 6.07) is 0. The molecule has 4 atom stereocenters. The van der Waals surface area contributed by atoms with Gasteiger partial charge in [0, 0.05) is 22.8 Å². The van der Waals surface area contributed by atoms with Crippen LogP contribution in [0.1, 0.15) is 20.3 Å². The summed E-state index contributed by atoms with van der Waals surface area (Å²) in [4.78, 5) is 18.0. The fourth-order valence-electron chi connectivity index (χ4n) is 2.89. The van der Waals surface area contributed by atoms with Gasteiger partial charge in [-0.15, -0.1) is 15.9 Å². The Balaban J connectivity index is 2.31. The number of phosphoric ester groups is 1. The fourth-order valence-corrected chi connectivity index (χ4v) is 4.14. The standard InChI is InChI=1S/C15H18N2O8P2/c1-5-15(8-23-27(21,22)25-26(19)20)12(18)6-13(24-15)17-7-9(2)14(10(3)16)11(17)4/h1,7,12,18H,3,6,8,16H2,2,4H3/p+2. The van der Waals surface area contributed by atoms with E-state index in [0.29, 0.717) is 11.4 Å². The van der Waals surface area contributed by atoms with Gasteiger partial charge in [-0.1, -0.05) is 12.5 Å². The zero-order valence-electron chi connectivity index (χ0n) is 14.7. The highest BCUT2D eigenvalue weighted by Crippen LogP contribution is 2.51. The molecule has 0 spiro atoms. The lowest BCUT2D eigenvalue weighted by molar-refractivity contribution is -0.409. The van der Waals surface area contributed by atoms with Gasteiger partial charge in [-0.25, -0.2) is 4.57 Å². The van der Waals surface area contributed by atoms with Crippen molar-refractivity contribution in [1.82, 2.24) is 0 Å². The molecule has 146 valence electrons. The highest BCUT2D eigenvalue weighted by Gasteiger charge is 2.53. The van der Waals surface area contributed by atoms with E-state index in [4.69, 9.17) is 21.8 Å². The summed E-state index contributed by atoms with van der Waals surface area (Å²) in [5.74, 6) is 2.50. The number of hydrogen-bond acceptors (Lipinski definition) is 7. The lowest BCUT2D eigenvalue weighted by Crippen LogP contribution is -2.42. The maximum Gasteiger partial charge on any atom is 0.705 e. The number of ether oxygens (including phenoxy) is 1. The molecule has 1 saturated heterocycles. The average molecular weight is 418 g/mol. The Bertz CT molecular complexity index is 885. The minimum absolute atomic E-state index is 0.0101. The normalized spacial score (nSPS) is 30.4. The number of nitrogens with two attached hydrogens (primary N) is 1. The molecule has 2 heterocycles. The van der Waals surface area contributed by atoms with Gasteiger partial charge in [-0.05, 0) is 11.2 Å². The zero-order chi connectivity index (χ0) is 20.6. The minimum Gasteiger partial charge on any atom is -0.422 e. The van der Waals surface area contributed by atoms with Crippen LogP contribution >= 0.6 is 16.1 Å². The number of aliphatic hydroxyl groups excluding tert-OH is 1. The Kier molecular flexibility index (Phi) is 6.10. The molecule has 2 rings (SSSR count). The van der Waals surface area contributed by atoms with E-state index < -0.39 is 34.4 Å². The predicted molar refractivity (Wildman–Crippen MR) is 95.0 cm³/mol. The Morgan fingerprint density at radius 2 is 2.30 bits per heavy atom. The van der Waals surface area contributed by atoms with Crippen LogP contribution in [0.2, 0.25) is 0 Å². The first kappa shape index (κ1) is 21.5. The highest BCUT2D eigenvalue weighted by atomic mass is 31.2. The van der Waals surface area contributed by atoms with E-state index in [9.17, 15) is 19.1 Å². The Morgan fingerprint density at radius 1 is 1.67 bits per heavy atom. The quantitative estimate of drug-likeness (QED) is 0.281. The molecule has 0 radical (unpaired) electrons. The van der Waals surface area contributed by atoms with E-state index >= 15 is 0 Å². The Hall–Kier alpha value is -1.82. The molecule has 0 aromatic rings. The monoisotopic (exact) mass is 418 g/mol. The molecule has 1 fully saturated rings. The first-order chi connectivity index (χ1) is 12.4. The van der Waals surface area contributed by atoms with Crippen molar-refractivity contribution in [3.05, 3.63) is 35.3 Å². The molecule has 12 heteroatoms. The fraction of sp³-hybridized carbons (Fsp3) is 0.400. The second-order valence-electron chi connectivity index (χ2n) is 5.98. The summed E-state index contributed by atoms with van der Waals surface area (Å²) in [6.45, 7) is 6.58. The molecule has 0 saturated carbocycles. The van der Waals surface area contributed by atoms with Gasteiger partial charge in [0.25, 0.3) is 0 Å². The first-order valence-corrected chi connectivity index (χ1v) is 10.2. The van der Waals surface area contributed by atoms with Crippen molar-refractivity contribution in [2.24, 2.45) is 5.73 Å². The maximum absolute atomic E-state index is 11.6. The Labute approximate surface area is 156 Å². The molecule has 10 nitrogen and oxygen atoms in total. The van der Waals surface area contributed by atoms with Crippen LogP contribution in [0.5, 0.6) is 0 Å². The summed E-state index contributed by atoms with van der Waals surface area (Å²) in [5.41, 5.74) is 6.65. The van der Waals surface area contributed by atoms with E-state index in [1.54, 1.807) is 17.7 Å². The minimum atomic E-state index is -4.87. The van der Waals surface area contributed by atoms with Crippen LogP contribution in [0.4, 0.5) is 0 Å². The second-order valence-corrected chi connectivity index (χ2v) is 8.30. The number of nitrogens with zero attached hydrogens (tertiary/aromatic N) is 1. The molecular formula is C15H20N2O8P2+2. The molecule has 0 amide bonds. The summed E-state index contributed by atoms with van der Waals surface area (Å²) in [7, 11) is -8.24. The number of rotatable bonds is 6. The maximum atomic E-state index is 11.6. The summed E-state index contributed by atoms with van der Waals surface area (Å²) >= 11 is 0. The highest BCUT2D eigenvalue weighted by molar-refractivity contribution is 7.55. The molecule has 4 unspecified atom stereocenters. The SMILES string of the molecule is C#CC1(COP(=O)(O)O[P+](=O)O)OC(=[N+]2C=C(C)C(C(=C)N)=C2C)CC1O. The largest absolute Gasteiger partial charge is 0.705 e. The molecule has 0 aromatic carbocycles. The summed E-state index contributed by atoms with van der Waals surface area (Å²) in [5, 5.41) is 10.4. The van der Waals surface area contributed by atoms with Crippen LogP contribution in [-0.2, 0) is 22.7 Å². The van der Waals surface area contributed by atoms with Crippen molar-refractivity contribution in [1.29, 1.82) is 0 Å². The average Bonchev–Trinajstić information content (AvgIpc) is 3.01. The number of hydrogen-bond donors (Lipinski definition) is 4. The van der Waals surface area contributed by atoms with Gasteiger partial charge in [0.1, 0.15) is 19.1 Å². The first-order valence-electron chi connectivity index (χ1n) is 7.60. The van der Waals surface area contributed by atoms with Crippen LogP contribution in [0.25, 0.3) is 0 Å². The van der Waals surface area contributed by atoms with Crippen molar-refractivity contribution in [2.75, 3.05) is 6.61 Å². The van der Waals surface area contributed by atoms with E-state index in [-0.39, 0.29) is 12.3 Å². The van der Waals surface area contributed by atoms with Crippen LogP contribution in [0.15, 0.2) is 35.3 Å². The van der Waals surface area contributed by atoms with Gasteiger partial charge in [-0.2, -0.15) is 0 Å². The third-order valence-electron chi connectivity index (χ3n) is 4.10. The molecule has 27 heavy (non-hydrogen) atoms. The topological polar surface area (TPSA) is 152 Å². The van der Waals surface area contributed by atoms with E-state index in [1.165, 1.54) is 0 Å². The molecule has 0 bridgehead atoms. The summed E-state index contributed by atoms with van der Waals surface area (Å²) in [6.07, 6.45) is 5.91. The lowest BCUT2D eigenvalue weighted by Gasteiger charge is -2.24. The molecular weight excluding hydrogens is 398 g/mol. The van der Waals surface area contributed by atoms with Crippen molar-refractivity contribution < 1.29 is 42.2 Å². The van der Waals surface area contributed by atoms with Gasteiger partial charge in [0.05, 0.1) is 5.57 Å². The molecule has 0 aliphatic carbocycles. The van der Waals surface area contributed by atoms with Crippen LogP contribution < -0.4 is 5.73 Å². The van der Waals surface area contributed by atoms with Crippen LogP contribution in [0, 0.1) is 12.3 Å². The van der Waals surface area contributed by atoms with Gasteiger partial charge in [0.15, 0.2) is 11.9 Å². The third kappa shape index (κ3) is 4.37. The predicted octanol–water partition coefficient (Wildman–Crippen LogP) is 0.998. The lowest BCUT2D eigenvalue weighted by atomic mass is 9.99. The van der Waals surface area contributed by atoms with Crippen molar-refractivity contribution in [3.63, 3.8) is 0 Å². The van der Waals surface area contributed by atoms with Gasteiger partial charge in [-0.3, -0.25) is 9.42 Å². The number of allylic oxidation sites excluding steroid dienone is 2. The molecule has 2 aliphatic heterocycles. The van der Waals surface area contributed by atoms with E-state index in [1.807, 2.05) is 6.92 Å². The summed E-state index contributed by atoms with van der Waals surface area (Å²) < 4.78 is 38.0. The smallest absolute Gasteiger partial charge is 0.422 e. The van der Waals surface area contributed by atoms with E-state index in [0.717, 1.165) is 11.1 Å². The molecule has 5 N–H and O–H groups in total. The van der Waals surface area contributed by atoms with Crippen LogP contribution in [0.3, 0.4) is 0 Å². The zero-order valence-corrected chi connectivity index (χ0v) is 16.4. The molecule has 0 aromatic heterocycles. The van der Waals surface area contributed by atoms with E-state index in [2.05, 4.69) is 21.3 Å².